The zero-order valence-corrected chi connectivity index (χ0v) is 6.66. The lowest BCUT2D eigenvalue weighted by molar-refractivity contribution is 0.0115. The minimum atomic E-state index is -0.579. The lowest BCUT2D eigenvalue weighted by atomic mass is 9.83. The van der Waals surface area contributed by atoms with Crippen LogP contribution in [0, 0.1) is 0 Å². The minimum absolute atomic E-state index is 0.490. The normalized spacial score (nSPS) is 24.1. The predicted octanol–water partition coefficient (Wildman–Crippen LogP) is 1.53. The van der Waals surface area contributed by atoms with Crippen LogP contribution in [0.2, 0.25) is 0 Å². The molecule has 0 amide bonds. The van der Waals surface area contributed by atoms with Gasteiger partial charge in [0.2, 0.25) is 0 Å². The number of hydrogen-bond acceptors (Lipinski definition) is 3. The van der Waals surface area contributed by atoms with Gasteiger partial charge in [0.05, 0.1) is 5.60 Å². The SMILES string of the molecule is ON=CCC1(O)CCCCC1. The molecule has 0 heterocycles. The monoisotopic (exact) mass is 157 g/mol. The maximum Gasteiger partial charge on any atom is 0.0698 e. The van der Waals surface area contributed by atoms with Crippen LogP contribution < -0.4 is 0 Å². The lowest BCUT2D eigenvalue weighted by Crippen LogP contribution is -2.31. The number of oxime groups is 1. The van der Waals surface area contributed by atoms with Crippen molar-refractivity contribution < 1.29 is 10.3 Å². The Balaban J connectivity index is 2.37. The van der Waals surface area contributed by atoms with E-state index in [0.29, 0.717) is 6.42 Å². The van der Waals surface area contributed by atoms with Crippen LogP contribution in [0.15, 0.2) is 5.16 Å². The average Bonchev–Trinajstić information content (AvgIpc) is 2.03. The molecule has 1 fully saturated rings. The zero-order valence-electron chi connectivity index (χ0n) is 6.66. The van der Waals surface area contributed by atoms with Crippen LogP contribution in [-0.2, 0) is 0 Å². The second-order valence-corrected chi connectivity index (χ2v) is 3.29. The van der Waals surface area contributed by atoms with Gasteiger partial charge >= 0.3 is 0 Å². The van der Waals surface area contributed by atoms with Crippen LogP contribution in [0.4, 0.5) is 0 Å². The highest BCUT2D eigenvalue weighted by atomic mass is 16.4. The van der Waals surface area contributed by atoms with Crippen molar-refractivity contribution in [1.82, 2.24) is 0 Å². The van der Waals surface area contributed by atoms with Crippen LogP contribution in [-0.4, -0.2) is 22.1 Å². The molecular formula is C8H15NO2. The van der Waals surface area contributed by atoms with Crippen molar-refractivity contribution in [2.75, 3.05) is 0 Å². The molecule has 0 saturated heterocycles. The topological polar surface area (TPSA) is 52.8 Å². The molecule has 1 aliphatic rings. The van der Waals surface area contributed by atoms with Gasteiger partial charge in [-0.2, -0.15) is 0 Å². The summed E-state index contributed by atoms with van der Waals surface area (Å²) < 4.78 is 0. The third-order valence-corrected chi connectivity index (χ3v) is 2.34. The Hall–Kier alpha value is -0.570. The maximum absolute atomic E-state index is 9.80. The van der Waals surface area contributed by atoms with Crippen LogP contribution >= 0.6 is 0 Å². The Bertz CT molecular complexity index is 139. The fourth-order valence-electron chi connectivity index (χ4n) is 1.62. The number of rotatable bonds is 2. The smallest absolute Gasteiger partial charge is 0.0698 e. The molecule has 0 spiro atoms. The van der Waals surface area contributed by atoms with Gasteiger partial charge in [0.15, 0.2) is 0 Å². The lowest BCUT2D eigenvalue weighted by Gasteiger charge is -2.30. The van der Waals surface area contributed by atoms with Gasteiger partial charge in [-0.3, -0.25) is 0 Å². The first-order chi connectivity index (χ1) is 5.27. The van der Waals surface area contributed by atoms with E-state index in [1.54, 1.807) is 0 Å². The Morgan fingerprint density at radius 2 is 1.91 bits per heavy atom. The quantitative estimate of drug-likeness (QED) is 0.363. The molecule has 11 heavy (non-hydrogen) atoms. The molecular weight excluding hydrogens is 142 g/mol. The third kappa shape index (κ3) is 2.50. The van der Waals surface area contributed by atoms with Crippen molar-refractivity contribution >= 4 is 6.21 Å². The van der Waals surface area contributed by atoms with Crippen molar-refractivity contribution in [1.29, 1.82) is 0 Å². The summed E-state index contributed by atoms with van der Waals surface area (Å²) in [5.41, 5.74) is -0.579. The summed E-state index contributed by atoms with van der Waals surface area (Å²) in [7, 11) is 0. The average molecular weight is 157 g/mol. The van der Waals surface area contributed by atoms with Crippen LogP contribution in [0.25, 0.3) is 0 Å². The second-order valence-electron chi connectivity index (χ2n) is 3.29. The number of aliphatic hydroxyl groups is 1. The highest BCUT2D eigenvalue weighted by Gasteiger charge is 2.27. The maximum atomic E-state index is 9.80. The van der Waals surface area contributed by atoms with E-state index in [1.807, 2.05) is 0 Å². The molecule has 1 saturated carbocycles. The number of hydrogen-bond donors (Lipinski definition) is 2. The van der Waals surface area contributed by atoms with E-state index in [4.69, 9.17) is 5.21 Å². The molecule has 3 heteroatoms. The Morgan fingerprint density at radius 1 is 1.27 bits per heavy atom. The molecule has 2 N–H and O–H groups in total. The first-order valence-electron chi connectivity index (χ1n) is 4.15. The summed E-state index contributed by atoms with van der Waals surface area (Å²) >= 11 is 0. The van der Waals surface area contributed by atoms with E-state index >= 15 is 0 Å². The van der Waals surface area contributed by atoms with Crippen LogP contribution in [0.3, 0.4) is 0 Å². The molecule has 0 atom stereocenters. The fourth-order valence-corrected chi connectivity index (χ4v) is 1.62. The molecule has 0 aromatic heterocycles. The van der Waals surface area contributed by atoms with E-state index in [1.165, 1.54) is 12.6 Å². The Kier molecular flexibility index (Phi) is 2.88. The van der Waals surface area contributed by atoms with Gasteiger partial charge in [-0.25, -0.2) is 0 Å². The zero-order chi connectivity index (χ0) is 8.16. The summed E-state index contributed by atoms with van der Waals surface area (Å²) in [6.45, 7) is 0. The molecule has 3 nitrogen and oxygen atoms in total. The van der Waals surface area contributed by atoms with Gasteiger partial charge in [0.1, 0.15) is 0 Å². The van der Waals surface area contributed by atoms with E-state index in [2.05, 4.69) is 5.16 Å². The van der Waals surface area contributed by atoms with Gasteiger partial charge in [-0.05, 0) is 12.8 Å². The van der Waals surface area contributed by atoms with Gasteiger partial charge in [0.25, 0.3) is 0 Å². The summed E-state index contributed by atoms with van der Waals surface area (Å²) in [6.07, 6.45) is 6.97. The molecule has 0 radical (unpaired) electrons. The fraction of sp³-hybridized carbons (Fsp3) is 0.875. The molecule has 1 rings (SSSR count). The third-order valence-electron chi connectivity index (χ3n) is 2.34. The van der Waals surface area contributed by atoms with Crippen LogP contribution in [0.1, 0.15) is 38.5 Å². The Labute approximate surface area is 66.7 Å². The van der Waals surface area contributed by atoms with Gasteiger partial charge in [0, 0.05) is 12.6 Å². The van der Waals surface area contributed by atoms with E-state index in [9.17, 15) is 5.11 Å². The molecule has 0 aliphatic heterocycles. The molecule has 64 valence electrons. The Morgan fingerprint density at radius 3 is 2.45 bits per heavy atom. The van der Waals surface area contributed by atoms with Crippen molar-refractivity contribution in [3.8, 4) is 0 Å². The molecule has 1 aliphatic carbocycles. The molecule has 0 unspecified atom stereocenters. The van der Waals surface area contributed by atoms with Crippen molar-refractivity contribution in [3.05, 3.63) is 0 Å². The molecule has 0 aromatic carbocycles. The van der Waals surface area contributed by atoms with Crippen molar-refractivity contribution in [3.63, 3.8) is 0 Å². The van der Waals surface area contributed by atoms with Gasteiger partial charge < -0.3 is 10.3 Å². The first-order valence-corrected chi connectivity index (χ1v) is 4.15. The van der Waals surface area contributed by atoms with E-state index in [-0.39, 0.29) is 0 Å². The molecule has 0 bridgehead atoms. The summed E-state index contributed by atoms with van der Waals surface area (Å²) in [4.78, 5) is 0. The highest BCUT2D eigenvalue weighted by molar-refractivity contribution is 5.57. The van der Waals surface area contributed by atoms with Crippen molar-refractivity contribution in [2.45, 2.75) is 44.1 Å². The van der Waals surface area contributed by atoms with E-state index < -0.39 is 5.60 Å². The minimum Gasteiger partial charge on any atom is -0.411 e. The van der Waals surface area contributed by atoms with Gasteiger partial charge in [-0.1, -0.05) is 19.3 Å². The summed E-state index contributed by atoms with van der Waals surface area (Å²) in [5.74, 6) is 0. The predicted molar refractivity (Wildman–Crippen MR) is 42.9 cm³/mol. The summed E-state index contributed by atoms with van der Waals surface area (Å²) in [6, 6.07) is 0. The van der Waals surface area contributed by atoms with Gasteiger partial charge in [-0.15, -0.1) is 5.16 Å². The highest BCUT2D eigenvalue weighted by Crippen LogP contribution is 2.29. The standard InChI is InChI=1S/C8H15NO2/c10-8(6-7-9-11)4-2-1-3-5-8/h7,10-11H,1-6H2. The molecule has 0 aromatic rings. The first kappa shape index (κ1) is 8.53. The van der Waals surface area contributed by atoms with Crippen LogP contribution in [0.5, 0.6) is 0 Å². The van der Waals surface area contributed by atoms with Crippen molar-refractivity contribution in [2.24, 2.45) is 5.16 Å². The second kappa shape index (κ2) is 3.72. The number of nitrogens with zero attached hydrogens (tertiary/aromatic N) is 1. The largest absolute Gasteiger partial charge is 0.411 e. The van der Waals surface area contributed by atoms with E-state index in [0.717, 1.165) is 25.7 Å². The summed E-state index contributed by atoms with van der Waals surface area (Å²) in [5, 5.41) is 20.9.